The number of likely N-dealkylation sites (N-methyl/N-ethyl adjacent to an activating group) is 1. The molecule has 22 heavy (non-hydrogen) atoms. The number of aromatic nitrogens is 1. The summed E-state index contributed by atoms with van der Waals surface area (Å²) in [6, 6.07) is 6.91. The predicted octanol–water partition coefficient (Wildman–Crippen LogP) is 1.04. The van der Waals surface area contributed by atoms with Crippen molar-refractivity contribution < 1.29 is 15.0 Å². The second-order valence-corrected chi connectivity index (χ2v) is 5.81. The average Bonchev–Trinajstić information content (AvgIpc) is 2.82. The molecular weight excluding hydrogens is 282 g/mol. The SMILES string of the molecule is CN(C)CCc1cn(C(O)C(N)CC(=O)O)c2ccccc12. The normalized spacial score (nSPS) is 14.4. The van der Waals surface area contributed by atoms with Crippen LogP contribution in [-0.2, 0) is 11.2 Å². The van der Waals surface area contributed by atoms with Crippen molar-refractivity contribution in [3.8, 4) is 0 Å². The van der Waals surface area contributed by atoms with Crippen molar-refractivity contribution in [2.75, 3.05) is 20.6 Å². The first kappa shape index (κ1) is 16.5. The van der Waals surface area contributed by atoms with Gasteiger partial charge in [0.15, 0.2) is 0 Å². The van der Waals surface area contributed by atoms with E-state index in [0.717, 1.165) is 29.4 Å². The molecule has 0 saturated heterocycles. The second kappa shape index (κ2) is 6.91. The Morgan fingerprint density at radius 1 is 1.36 bits per heavy atom. The standard InChI is InChI=1S/C16H23N3O3/c1-18(2)8-7-11-10-19(14-6-4-3-5-12(11)14)16(22)13(17)9-15(20)21/h3-6,10,13,16,22H,7-9,17H2,1-2H3,(H,20,21). The fourth-order valence-electron chi connectivity index (χ4n) is 2.55. The predicted molar refractivity (Wildman–Crippen MR) is 85.7 cm³/mol. The number of aliphatic carboxylic acids is 1. The lowest BCUT2D eigenvalue weighted by Crippen LogP contribution is -2.34. The fourth-order valence-corrected chi connectivity index (χ4v) is 2.55. The quantitative estimate of drug-likeness (QED) is 0.711. The van der Waals surface area contributed by atoms with E-state index in [4.69, 9.17) is 10.8 Å². The number of carboxylic acids is 1. The summed E-state index contributed by atoms with van der Waals surface area (Å²) in [5.41, 5.74) is 7.79. The Balaban J connectivity index is 2.35. The summed E-state index contributed by atoms with van der Waals surface area (Å²) < 4.78 is 1.67. The number of hydrogen-bond donors (Lipinski definition) is 3. The highest BCUT2D eigenvalue weighted by Crippen LogP contribution is 2.26. The number of carboxylic acid groups (broad SMARTS) is 1. The minimum Gasteiger partial charge on any atom is -0.481 e. The third-order valence-electron chi connectivity index (χ3n) is 3.73. The van der Waals surface area contributed by atoms with Crippen LogP contribution in [0.1, 0.15) is 18.2 Å². The molecule has 120 valence electrons. The van der Waals surface area contributed by atoms with Gasteiger partial charge in [-0.25, -0.2) is 0 Å². The topological polar surface area (TPSA) is 91.7 Å². The number of aliphatic hydroxyl groups excluding tert-OH is 1. The first-order valence-electron chi connectivity index (χ1n) is 7.28. The Kier molecular flexibility index (Phi) is 5.18. The lowest BCUT2D eigenvalue weighted by Gasteiger charge is -2.19. The van der Waals surface area contributed by atoms with Gasteiger partial charge in [0.25, 0.3) is 0 Å². The Morgan fingerprint density at radius 2 is 2.05 bits per heavy atom. The number of benzene rings is 1. The van der Waals surface area contributed by atoms with Crippen molar-refractivity contribution >= 4 is 16.9 Å². The molecule has 0 fully saturated rings. The number of aliphatic hydroxyl groups is 1. The van der Waals surface area contributed by atoms with Crippen LogP contribution in [-0.4, -0.2) is 52.3 Å². The van der Waals surface area contributed by atoms with Gasteiger partial charge in [-0.2, -0.15) is 0 Å². The summed E-state index contributed by atoms with van der Waals surface area (Å²) in [4.78, 5) is 12.9. The molecule has 2 unspecified atom stereocenters. The summed E-state index contributed by atoms with van der Waals surface area (Å²) in [6.07, 6.45) is 1.39. The van der Waals surface area contributed by atoms with E-state index in [1.807, 2.05) is 44.6 Å². The zero-order valence-corrected chi connectivity index (χ0v) is 12.9. The van der Waals surface area contributed by atoms with Crippen LogP contribution in [0.25, 0.3) is 10.9 Å². The minimum atomic E-state index is -1.06. The van der Waals surface area contributed by atoms with E-state index >= 15 is 0 Å². The molecule has 0 aliphatic rings. The van der Waals surface area contributed by atoms with Crippen LogP contribution in [0, 0.1) is 0 Å². The number of nitrogens with two attached hydrogens (primary N) is 1. The van der Waals surface area contributed by atoms with E-state index < -0.39 is 18.2 Å². The molecule has 1 heterocycles. The molecule has 6 heteroatoms. The van der Waals surface area contributed by atoms with E-state index in [0.29, 0.717) is 0 Å². The monoisotopic (exact) mass is 305 g/mol. The molecule has 6 nitrogen and oxygen atoms in total. The molecule has 0 aliphatic carbocycles. The summed E-state index contributed by atoms with van der Waals surface area (Å²) >= 11 is 0. The van der Waals surface area contributed by atoms with Gasteiger partial charge in [-0.15, -0.1) is 0 Å². The Labute approximate surface area is 129 Å². The van der Waals surface area contributed by atoms with Gasteiger partial charge < -0.3 is 25.4 Å². The summed E-state index contributed by atoms with van der Waals surface area (Å²) in [7, 11) is 4.02. The molecule has 0 spiro atoms. The molecule has 2 aromatic rings. The smallest absolute Gasteiger partial charge is 0.305 e. The maximum absolute atomic E-state index is 10.8. The van der Waals surface area contributed by atoms with Crippen LogP contribution in [0.3, 0.4) is 0 Å². The lowest BCUT2D eigenvalue weighted by atomic mass is 10.1. The number of fused-ring (bicyclic) bond motifs is 1. The lowest BCUT2D eigenvalue weighted by molar-refractivity contribution is -0.138. The van der Waals surface area contributed by atoms with E-state index in [9.17, 15) is 9.90 Å². The van der Waals surface area contributed by atoms with Gasteiger partial charge in [0, 0.05) is 18.1 Å². The van der Waals surface area contributed by atoms with E-state index in [1.54, 1.807) is 4.57 Å². The Hall–Kier alpha value is -1.89. The zero-order chi connectivity index (χ0) is 16.3. The molecule has 0 bridgehead atoms. The largest absolute Gasteiger partial charge is 0.481 e. The third-order valence-corrected chi connectivity index (χ3v) is 3.73. The van der Waals surface area contributed by atoms with Crippen molar-refractivity contribution in [1.29, 1.82) is 0 Å². The van der Waals surface area contributed by atoms with Gasteiger partial charge >= 0.3 is 5.97 Å². The van der Waals surface area contributed by atoms with E-state index in [1.165, 1.54) is 0 Å². The molecule has 2 atom stereocenters. The van der Waals surface area contributed by atoms with Crippen LogP contribution < -0.4 is 5.73 Å². The highest BCUT2D eigenvalue weighted by atomic mass is 16.4. The molecule has 0 radical (unpaired) electrons. The molecule has 0 aliphatic heterocycles. The van der Waals surface area contributed by atoms with Crippen LogP contribution in [0.15, 0.2) is 30.5 Å². The van der Waals surface area contributed by atoms with Gasteiger partial charge in [0.2, 0.25) is 0 Å². The molecule has 2 rings (SSSR count). The Morgan fingerprint density at radius 3 is 2.68 bits per heavy atom. The van der Waals surface area contributed by atoms with Crippen LogP contribution in [0.4, 0.5) is 0 Å². The molecule has 0 amide bonds. The van der Waals surface area contributed by atoms with Crippen molar-refractivity contribution in [1.82, 2.24) is 9.47 Å². The minimum absolute atomic E-state index is 0.277. The maximum Gasteiger partial charge on any atom is 0.305 e. The van der Waals surface area contributed by atoms with Crippen LogP contribution >= 0.6 is 0 Å². The second-order valence-electron chi connectivity index (χ2n) is 5.81. The third kappa shape index (κ3) is 3.65. The number of hydrogen-bond acceptors (Lipinski definition) is 4. The average molecular weight is 305 g/mol. The van der Waals surface area contributed by atoms with Crippen molar-refractivity contribution in [3.05, 3.63) is 36.0 Å². The molecule has 4 N–H and O–H groups in total. The van der Waals surface area contributed by atoms with Gasteiger partial charge in [0.05, 0.1) is 18.0 Å². The van der Waals surface area contributed by atoms with Crippen molar-refractivity contribution in [3.63, 3.8) is 0 Å². The highest BCUT2D eigenvalue weighted by Gasteiger charge is 2.22. The fraction of sp³-hybridized carbons (Fsp3) is 0.438. The summed E-state index contributed by atoms with van der Waals surface area (Å²) in [5, 5.41) is 20.3. The zero-order valence-electron chi connectivity index (χ0n) is 12.9. The number of rotatable bonds is 7. The highest BCUT2D eigenvalue weighted by molar-refractivity contribution is 5.84. The number of nitrogens with zero attached hydrogens (tertiary/aromatic N) is 2. The number of carbonyl (C=O) groups is 1. The first-order valence-corrected chi connectivity index (χ1v) is 7.28. The van der Waals surface area contributed by atoms with Crippen molar-refractivity contribution in [2.24, 2.45) is 5.73 Å². The number of para-hydroxylation sites is 1. The molecule has 0 saturated carbocycles. The van der Waals surface area contributed by atoms with Gasteiger partial charge in [-0.3, -0.25) is 4.79 Å². The Bertz CT molecular complexity index is 651. The van der Waals surface area contributed by atoms with E-state index in [-0.39, 0.29) is 6.42 Å². The summed E-state index contributed by atoms with van der Waals surface area (Å²) in [6.45, 7) is 0.894. The molecule has 1 aromatic carbocycles. The van der Waals surface area contributed by atoms with E-state index in [2.05, 4.69) is 4.90 Å². The van der Waals surface area contributed by atoms with Crippen molar-refractivity contribution in [2.45, 2.75) is 25.1 Å². The molecular formula is C16H23N3O3. The van der Waals surface area contributed by atoms with Gasteiger partial charge in [-0.05, 0) is 32.1 Å². The summed E-state index contributed by atoms with van der Waals surface area (Å²) in [5.74, 6) is -1.02. The first-order chi connectivity index (χ1) is 10.4. The maximum atomic E-state index is 10.8. The van der Waals surface area contributed by atoms with Gasteiger partial charge in [-0.1, -0.05) is 18.2 Å². The van der Waals surface area contributed by atoms with Crippen LogP contribution in [0.5, 0.6) is 0 Å². The van der Waals surface area contributed by atoms with Crippen LogP contribution in [0.2, 0.25) is 0 Å². The molecule has 1 aromatic heterocycles. The van der Waals surface area contributed by atoms with Gasteiger partial charge in [0.1, 0.15) is 6.23 Å².